The Morgan fingerprint density at radius 3 is 2.24 bits per heavy atom. The number of hydrogen-bond donors (Lipinski definition) is 2. The fourth-order valence-corrected chi connectivity index (χ4v) is 2.82. The zero-order valence-electron chi connectivity index (χ0n) is 16.8. The quantitative estimate of drug-likeness (QED) is 0.380. The van der Waals surface area contributed by atoms with Crippen LogP contribution in [0.1, 0.15) is 23.1 Å². The Kier molecular flexibility index (Phi) is 7.14. The van der Waals surface area contributed by atoms with Gasteiger partial charge in [0.05, 0.1) is 16.8 Å². The minimum absolute atomic E-state index is 0.0502. The monoisotopic (exact) mass is 469 g/mol. The highest BCUT2D eigenvalue weighted by Crippen LogP contribution is 2.36. The number of hydrogen-bond acceptors (Lipinski definition) is 5. The van der Waals surface area contributed by atoms with E-state index in [4.69, 9.17) is 0 Å². The summed E-state index contributed by atoms with van der Waals surface area (Å²) < 4.78 is 78.6. The molecule has 0 saturated heterocycles. The number of benzene rings is 1. The van der Waals surface area contributed by atoms with Gasteiger partial charge in [-0.15, -0.1) is 0 Å². The molecule has 1 amide bonds. The van der Waals surface area contributed by atoms with Crippen LogP contribution in [0.25, 0.3) is 0 Å². The van der Waals surface area contributed by atoms with E-state index >= 15 is 0 Å². The van der Waals surface area contributed by atoms with Gasteiger partial charge >= 0.3 is 12.4 Å². The molecule has 2 heterocycles. The molecule has 6 nitrogen and oxygen atoms in total. The van der Waals surface area contributed by atoms with Gasteiger partial charge < -0.3 is 0 Å². The van der Waals surface area contributed by atoms with Crippen LogP contribution in [0.4, 0.5) is 32.0 Å². The third-order valence-corrected chi connectivity index (χ3v) is 4.46. The first kappa shape index (κ1) is 24.0. The second-order valence-corrected chi connectivity index (χ2v) is 6.94. The van der Waals surface area contributed by atoms with Gasteiger partial charge in [-0.25, -0.2) is 4.99 Å². The largest absolute Gasteiger partial charge is 0.416 e. The second-order valence-electron chi connectivity index (χ2n) is 6.94. The molecule has 0 bridgehead atoms. The number of carbonyl (C=O) groups is 1. The van der Waals surface area contributed by atoms with Crippen LogP contribution in [-0.2, 0) is 17.1 Å². The number of nitrogens with zero attached hydrogens (tertiary/aromatic N) is 3. The summed E-state index contributed by atoms with van der Waals surface area (Å²) >= 11 is 0. The van der Waals surface area contributed by atoms with Crippen LogP contribution in [0, 0.1) is 5.92 Å². The SMILES string of the molecule is O=C(/C=C\C1C=NC(c2cc(C(F)(F)F)cc(C(F)(F)F)c2)=NCC1)NNc1ccncc1. The first-order chi connectivity index (χ1) is 15.5. The van der Waals surface area contributed by atoms with Crippen LogP contribution in [0.5, 0.6) is 0 Å². The van der Waals surface area contributed by atoms with Gasteiger partial charge in [0, 0.05) is 42.7 Å². The third-order valence-electron chi connectivity index (χ3n) is 4.46. The fraction of sp³-hybridized carbons (Fsp3) is 0.238. The topological polar surface area (TPSA) is 78.7 Å². The highest BCUT2D eigenvalue weighted by molar-refractivity contribution is 6.04. The lowest BCUT2D eigenvalue weighted by molar-refractivity contribution is -0.143. The molecule has 1 aromatic carbocycles. The zero-order valence-corrected chi connectivity index (χ0v) is 16.8. The maximum atomic E-state index is 13.1. The van der Waals surface area contributed by atoms with E-state index in [9.17, 15) is 31.1 Å². The van der Waals surface area contributed by atoms with Crippen LogP contribution in [-0.4, -0.2) is 29.5 Å². The van der Waals surface area contributed by atoms with Gasteiger partial charge in [-0.3, -0.25) is 25.6 Å². The molecule has 0 saturated carbocycles. The Morgan fingerprint density at radius 1 is 1.00 bits per heavy atom. The van der Waals surface area contributed by atoms with E-state index in [1.165, 1.54) is 30.8 Å². The molecule has 12 heteroatoms. The van der Waals surface area contributed by atoms with Gasteiger partial charge in [0.15, 0.2) is 5.84 Å². The third kappa shape index (κ3) is 6.89. The minimum Gasteiger partial charge on any atom is -0.298 e. The van der Waals surface area contributed by atoms with Gasteiger partial charge in [0.2, 0.25) is 0 Å². The first-order valence-corrected chi connectivity index (χ1v) is 9.55. The Labute approximate surface area is 184 Å². The van der Waals surface area contributed by atoms with Crippen LogP contribution >= 0.6 is 0 Å². The standard InChI is InChI=1S/C21H17F6N5O/c22-20(23,24)15-9-14(10-16(11-15)21(25,26)27)19-29-8-3-13(12-30-19)1-2-18(33)32-31-17-4-6-28-7-5-17/h1-2,4-7,9-13H,3,8H2,(H,28,31)(H,32,33)/b2-1-. The van der Waals surface area contributed by atoms with E-state index in [2.05, 4.69) is 25.8 Å². The number of allylic oxidation sites excluding steroid dienone is 1. The van der Waals surface area contributed by atoms with Crippen molar-refractivity contribution in [2.75, 3.05) is 12.0 Å². The lowest BCUT2D eigenvalue weighted by Crippen LogP contribution is -2.27. The Hall–Kier alpha value is -3.70. The van der Waals surface area contributed by atoms with Crippen molar-refractivity contribution >= 4 is 23.6 Å². The van der Waals surface area contributed by atoms with Crippen LogP contribution in [0.15, 0.2) is 64.9 Å². The maximum absolute atomic E-state index is 13.1. The summed E-state index contributed by atoms with van der Waals surface area (Å²) in [5.74, 6) is -1.12. The van der Waals surface area contributed by atoms with Gasteiger partial charge in [0.25, 0.3) is 5.91 Å². The Balaban J connectivity index is 1.71. The summed E-state index contributed by atoms with van der Waals surface area (Å²) in [6.07, 6.45) is -2.42. The number of amidine groups is 1. The Morgan fingerprint density at radius 2 is 1.64 bits per heavy atom. The van der Waals surface area contributed by atoms with E-state index in [-0.39, 0.29) is 18.4 Å². The number of pyridine rings is 1. The van der Waals surface area contributed by atoms with Crippen LogP contribution in [0.2, 0.25) is 0 Å². The minimum atomic E-state index is -4.96. The number of halogens is 6. The molecular formula is C21H17F6N5O. The predicted octanol–water partition coefficient (Wildman–Crippen LogP) is 4.66. The molecule has 0 radical (unpaired) electrons. The summed E-state index contributed by atoms with van der Waals surface area (Å²) in [5, 5.41) is 0. The number of alkyl halides is 6. The van der Waals surface area contributed by atoms with E-state index < -0.39 is 40.9 Å². The molecule has 0 spiro atoms. The summed E-state index contributed by atoms with van der Waals surface area (Å²) in [7, 11) is 0. The van der Waals surface area contributed by atoms with Crippen molar-refractivity contribution < 1.29 is 31.1 Å². The zero-order chi connectivity index (χ0) is 24.1. The number of carbonyl (C=O) groups excluding carboxylic acids is 1. The molecule has 1 aromatic heterocycles. The summed E-state index contributed by atoms with van der Waals surface area (Å²) in [6.45, 7) is 0.0961. The van der Waals surface area contributed by atoms with Crippen molar-refractivity contribution in [1.29, 1.82) is 0 Å². The Bertz CT molecular complexity index is 1040. The van der Waals surface area contributed by atoms with Crippen LogP contribution in [0.3, 0.4) is 0 Å². The lowest BCUT2D eigenvalue weighted by atomic mass is 10.0. The molecule has 0 fully saturated rings. The smallest absolute Gasteiger partial charge is 0.298 e. The molecular weight excluding hydrogens is 452 g/mol. The highest BCUT2D eigenvalue weighted by Gasteiger charge is 2.37. The van der Waals surface area contributed by atoms with Crippen molar-refractivity contribution in [2.24, 2.45) is 15.9 Å². The lowest BCUT2D eigenvalue weighted by Gasteiger charge is -2.14. The molecule has 174 valence electrons. The summed E-state index contributed by atoms with van der Waals surface area (Å²) in [6, 6.07) is 4.49. The van der Waals surface area contributed by atoms with Crippen molar-refractivity contribution in [1.82, 2.24) is 10.4 Å². The predicted molar refractivity (Wildman–Crippen MR) is 110 cm³/mol. The first-order valence-electron chi connectivity index (χ1n) is 9.55. The second kappa shape index (κ2) is 9.84. The van der Waals surface area contributed by atoms with Gasteiger partial charge in [-0.2, -0.15) is 26.3 Å². The number of hydrazine groups is 1. The number of amides is 1. The van der Waals surface area contributed by atoms with Gasteiger partial charge in [-0.1, -0.05) is 6.08 Å². The maximum Gasteiger partial charge on any atom is 0.416 e. The number of anilines is 1. The molecule has 0 aliphatic carbocycles. The van der Waals surface area contributed by atoms with Gasteiger partial charge in [0.1, 0.15) is 0 Å². The van der Waals surface area contributed by atoms with E-state index in [1.807, 2.05) is 0 Å². The number of aliphatic imine (C=N–C) groups is 2. The number of rotatable bonds is 5. The average Bonchev–Trinajstić information content (AvgIpc) is 3.01. The molecule has 1 unspecified atom stereocenters. The molecule has 1 atom stereocenters. The molecule has 1 aliphatic heterocycles. The highest BCUT2D eigenvalue weighted by atomic mass is 19.4. The summed E-state index contributed by atoms with van der Waals surface area (Å²) in [4.78, 5) is 23.8. The van der Waals surface area contributed by atoms with Crippen molar-refractivity contribution in [3.05, 3.63) is 71.6 Å². The fourth-order valence-electron chi connectivity index (χ4n) is 2.82. The molecule has 1 aliphatic rings. The van der Waals surface area contributed by atoms with E-state index in [0.29, 0.717) is 24.2 Å². The van der Waals surface area contributed by atoms with E-state index in [1.54, 1.807) is 12.1 Å². The number of nitrogens with one attached hydrogen (secondary N) is 2. The average molecular weight is 469 g/mol. The summed E-state index contributed by atoms with van der Waals surface area (Å²) in [5.41, 5.74) is 2.46. The molecule has 33 heavy (non-hydrogen) atoms. The van der Waals surface area contributed by atoms with Crippen molar-refractivity contribution in [3.8, 4) is 0 Å². The normalized spacial score (nSPS) is 16.9. The van der Waals surface area contributed by atoms with Crippen LogP contribution < -0.4 is 10.9 Å². The van der Waals surface area contributed by atoms with E-state index in [0.717, 1.165) is 0 Å². The molecule has 2 N–H and O–H groups in total. The number of aromatic nitrogens is 1. The van der Waals surface area contributed by atoms with Crippen molar-refractivity contribution in [3.63, 3.8) is 0 Å². The van der Waals surface area contributed by atoms with Gasteiger partial charge in [-0.05, 0) is 36.8 Å². The van der Waals surface area contributed by atoms with Crippen molar-refractivity contribution in [2.45, 2.75) is 18.8 Å². The molecule has 3 rings (SSSR count). The molecule has 2 aromatic rings.